The van der Waals surface area contributed by atoms with Crippen LogP contribution in [0.5, 0.6) is 0 Å². The molecule has 3 nitrogen and oxygen atoms in total. The zero-order valence-electron chi connectivity index (χ0n) is 11.0. The van der Waals surface area contributed by atoms with E-state index in [2.05, 4.69) is 17.2 Å². The van der Waals surface area contributed by atoms with Gasteiger partial charge in [0, 0.05) is 10.4 Å². The Balaban J connectivity index is 2.05. The second-order valence-electron chi connectivity index (χ2n) is 4.09. The summed E-state index contributed by atoms with van der Waals surface area (Å²) in [6.45, 7) is 0.512. The number of halogens is 2. The molecule has 0 spiro atoms. The SMILES string of the molecule is NCC#Cc1ccc(C(=O)NCc2ccc(Cl)s2)c(F)c1. The molecule has 0 aliphatic rings. The summed E-state index contributed by atoms with van der Waals surface area (Å²) in [5, 5.41) is 2.65. The van der Waals surface area contributed by atoms with Crippen LogP contribution in [0.4, 0.5) is 4.39 Å². The molecule has 6 heteroatoms. The van der Waals surface area contributed by atoms with Crippen molar-refractivity contribution in [1.82, 2.24) is 5.32 Å². The highest BCUT2D eigenvalue weighted by Crippen LogP contribution is 2.21. The molecule has 1 aromatic heterocycles. The Morgan fingerprint density at radius 3 is 2.81 bits per heavy atom. The molecule has 108 valence electrons. The Morgan fingerprint density at radius 2 is 2.19 bits per heavy atom. The Bertz CT molecular complexity index is 718. The molecule has 0 saturated carbocycles. The average molecular weight is 323 g/mol. The first-order valence-electron chi connectivity index (χ1n) is 6.11. The number of benzene rings is 1. The standard InChI is InChI=1S/C15H12ClFN2OS/c16-14-6-4-11(21-14)9-19-15(20)12-5-3-10(2-1-7-18)8-13(12)17/h3-6,8H,7,9,18H2,(H,19,20). The van der Waals surface area contributed by atoms with Gasteiger partial charge in [-0.3, -0.25) is 4.79 Å². The minimum Gasteiger partial charge on any atom is -0.347 e. The topological polar surface area (TPSA) is 55.1 Å². The summed E-state index contributed by atoms with van der Waals surface area (Å²) in [4.78, 5) is 12.8. The van der Waals surface area contributed by atoms with E-state index in [1.807, 2.05) is 6.07 Å². The minimum absolute atomic E-state index is 0.0176. The molecule has 0 bridgehead atoms. The molecule has 0 aliphatic carbocycles. The van der Waals surface area contributed by atoms with Crippen LogP contribution in [0.1, 0.15) is 20.8 Å². The average Bonchev–Trinajstić information content (AvgIpc) is 2.88. The quantitative estimate of drug-likeness (QED) is 0.854. The van der Waals surface area contributed by atoms with Gasteiger partial charge in [-0.25, -0.2) is 4.39 Å². The lowest BCUT2D eigenvalue weighted by Gasteiger charge is -2.05. The van der Waals surface area contributed by atoms with Gasteiger partial charge in [0.05, 0.1) is 23.0 Å². The first-order chi connectivity index (χ1) is 10.1. The Morgan fingerprint density at radius 1 is 1.38 bits per heavy atom. The highest BCUT2D eigenvalue weighted by Gasteiger charge is 2.12. The van der Waals surface area contributed by atoms with Gasteiger partial charge in [0.15, 0.2) is 0 Å². The van der Waals surface area contributed by atoms with E-state index in [0.29, 0.717) is 16.4 Å². The van der Waals surface area contributed by atoms with Gasteiger partial charge in [0.1, 0.15) is 5.82 Å². The minimum atomic E-state index is -0.611. The summed E-state index contributed by atoms with van der Waals surface area (Å²) in [5.74, 6) is 4.25. The fraction of sp³-hybridized carbons (Fsp3) is 0.133. The smallest absolute Gasteiger partial charge is 0.254 e. The summed E-state index contributed by atoms with van der Waals surface area (Å²) in [6.07, 6.45) is 0. The van der Waals surface area contributed by atoms with Crippen LogP contribution in [-0.4, -0.2) is 12.5 Å². The molecule has 21 heavy (non-hydrogen) atoms. The van der Waals surface area contributed by atoms with Gasteiger partial charge in [-0.05, 0) is 30.3 Å². The van der Waals surface area contributed by atoms with Gasteiger partial charge in [-0.15, -0.1) is 11.3 Å². The lowest BCUT2D eigenvalue weighted by molar-refractivity contribution is 0.0947. The zero-order chi connectivity index (χ0) is 15.2. The Hall–Kier alpha value is -1.87. The number of carbonyl (C=O) groups excluding carboxylic acids is 1. The van der Waals surface area contributed by atoms with Crippen LogP contribution < -0.4 is 11.1 Å². The number of nitrogens with two attached hydrogens (primary N) is 1. The number of rotatable bonds is 3. The highest BCUT2D eigenvalue weighted by atomic mass is 35.5. The van der Waals surface area contributed by atoms with Crippen LogP contribution in [0.3, 0.4) is 0 Å². The van der Waals surface area contributed by atoms with Gasteiger partial charge >= 0.3 is 0 Å². The number of amides is 1. The number of hydrogen-bond donors (Lipinski definition) is 2. The third kappa shape index (κ3) is 4.30. The van der Waals surface area contributed by atoms with Crippen molar-refractivity contribution in [2.45, 2.75) is 6.54 Å². The van der Waals surface area contributed by atoms with Gasteiger partial charge in [-0.2, -0.15) is 0 Å². The van der Waals surface area contributed by atoms with E-state index in [1.165, 1.54) is 23.5 Å². The second-order valence-corrected chi connectivity index (χ2v) is 5.89. The number of thiophene rings is 1. The van der Waals surface area contributed by atoms with Crippen molar-refractivity contribution in [2.24, 2.45) is 5.73 Å². The fourth-order valence-corrected chi connectivity index (χ4v) is 2.67. The second kappa shape index (κ2) is 7.23. The predicted octanol–water partition coefficient (Wildman–Crippen LogP) is 2.78. The highest BCUT2D eigenvalue weighted by molar-refractivity contribution is 7.16. The molecule has 1 amide bonds. The van der Waals surface area contributed by atoms with E-state index in [9.17, 15) is 9.18 Å². The summed E-state index contributed by atoms with van der Waals surface area (Å²) < 4.78 is 14.5. The summed E-state index contributed by atoms with van der Waals surface area (Å²) in [7, 11) is 0. The normalized spacial score (nSPS) is 9.86. The van der Waals surface area contributed by atoms with Gasteiger partial charge in [0.2, 0.25) is 0 Å². The van der Waals surface area contributed by atoms with E-state index in [0.717, 1.165) is 4.88 Å². The summed E-state index contributed by atoms with van der Waals surface area (Å²) in [5.41, 5.74) is 5.72. The van der Waals surface area contributed by atoms with Crippen LogP contribution in [0, 0.1) is 17.7 Å². The van der Waals surface area contributed by atoms with Crippen molar-refractivity contribution in [2.75, 3.05) is 6.54 Å². The molecular weight excluding hydrogens is 311 g/mol. The Labute approximate surface area is 130 Å². The molecule has 0 fully saturated rings. The van der Waals surface area contributed by atoms with E-state index < -0.39 is 11.7 Å². The molecule has 3 N–H and O–H groups in total. The number of nitrogens with one attached hydrogen (secondary N) is 1. The molecule has 1 aromatic carbocycles. The van der Waals surface area contributed by atoms with Crippen molar-refractivity contribution < 1.29 is 9.18 Å². The van der Waals surface area contributed by atoms with Crippen LogP contribution in [0.25, 0.3) is 0 Å². The molecule has 0 aliphatic heterocycles. The molecule has 0 atom stereocenters. The van der Waals surface area contributed by atoms with Crippen molar-refractivity contribution >= 4 is 28.8 Å². The lowest BCUT2D eigenvalue weighted by Crippen LogP contribution is -2.23. The molecule has 0 unspecified atom stereocenters. The monoisotopic (exact) mass is 322 g/mol. The summed E-state index contributed by atoms with van der Waals surface area (Å²) >= 11 is 7.17. The van der Waals surface area contributed by atoms with E-state index in [1.54, 1.807) is 12.1 Å². The number of carbonyl (C=O) groups is 1. The predicted molar refractivity (Wildman–Crippen MR) is 82.8 cm³/mol. The third-order valence-electron chi connectivity index (χ3n) is 2.60. The Kier molecular flexibility index (Phi) is 5.34. The van der Waals surface area contributed by atoms with Crippen molar-refractivity contribution in [3.63, 3.8) is 0 Å². The zero-order valence-corrected chi connectivity index (χ0v) is 12.5. The van der Waals surface area contributed by atoms with Crippen molar-refractivity contribution in [3.05, 3.63) is 56.5 Å². The molecule has 2 rings (SSSR count). The largest absolute Gasteiger partial charge is 0.347 e. The van der Waals surface area contributed by atoms with Crippen LogP contribution in [-0.2, 0) is 6.54 Å². The van der Waals surface area contributed by atoms with E-state index >= 15 is 0 Å². The number of hydrogen-bond acceptors (Lipinski definition) is 3. The third-order valence-corrected chi connectivity index (χ3v) is 3.83. The van der Waals surface area contributed by atoms with Crippen LogP contribution in [0.2, 0.25) is 4.34 Å². The molecular formula is C15H12ClFN2OS. The molecule has 1 heterocycles. The fourth-order valence-electron chi connectivity index (χ4n) is 1.64. The van der Waals surface area contributed by atoms with Crippen molar-refractivity contribution in [3.8, 4) is 11.8 Å². The van der Waals surface area contributed by atoms with Crippen LogP contribution >= 0.6 is 22.9 Å². The van der Waals surface area contributed by atoms with Crippen molar-refractivity contribution in [1.29, 1.82) is 0 Å². The van der Waals surface area contributed by atoms with Gasteiger partial charge in [-0.1, -0.05) is 23.4 Å². The van der Waals surface area contributed by atoms with E-state index in [4.69, 9.17) is 17.3 Å². The summed E-state index contributed by atoms with van der Waals surface area (Å²) in [6, 6.07) is 7.78. The molecule has 0 radical (unpaired) electrons. The first-order valence-corrected chi connectivity index (χ1v) is 7.30. The molecule has 2 aromatic rings. The first kappa shape index (κ1) is 15.5. The van der Waals surface area contributed by atoms with E-state index in [-0.39, 0.29) is 12.1 Å². The maximum absolute atomic E-state index is 13.9. The van der Waals surface area contributed by atoms with Gasteiger partial charge in [0.25, 0.3) is 5.91 Å². The maximum Gasteiger partial charge on any atom is 0.254 e. The maximum atomic E-state index is 13.9. The molecule has 0 saturated heterocycles. The lowest BCUT2D eigenvalue weighted by atomic mass is 10.1. The van der Waals surface area contributed by atoms with Gasteiger partial charge < -0.3 is 11.1 Å². The van der Waals surface area contributed by atoms with Crippen LogP contribution in [0.15, 0.2) is 30.3 Å².